The molecule has 0 bridgehead atoms. The van der Waals surface area contributed by atoms with Crippen LogP contribution in [0.25, 0.3) is 0 Å². The third-order valence-corrected chi connectivity index (χ3v) is 5.08. The van der Waals surface area contributed by atoms with Gasteiger partial charge in [-0.15, -0.1) is 0 Å². The molecule has 152 valence electrons. The number of rotatable bonds is 11. The number of aliphatic imine (C=N–C) groups is 1. The highest BCUT2D eigenvalue weighted by atomic mass is 16.1. The number of carbonyl (C=O) groups excluding carboxylic acids is 1. The molecule has 6 nitrogen and oxygen atoms in total. The summed E-state index contributed by atoms with van der Waals surface area (Å²) in [6.07, 6.45) is 8.22. The first-order chi connectivity index (χ1) is 12.6. The van der Waals surface area contributed by atoms with E-state index in [0.717, 1.165) is 57.8 Å². The molecule has 3 N–H and O–H groups in total. The summed E-state index contributed by atoms with van der Waals surface area (Å²) in [5, 5.41) is 9.79. The highest BCUT2D eigenvalue weighted by molar-refractivity contribution is 5.85. The lowest BCUT2D eigenvalue weighted by molar-refractivity contribution is -0.120. The van der Waals surface area contributed by atoms with E-state index in [1.54, 1.807) is 0 Å². The lowest BCUT2D eigenvalue weighted by atomic mass is 9.95. The zero-order valence-electron chi connectivity index (χ0n) is 17.4. The molecular weight excluding hydrogens is 326 g/mol. The van der Waals surface area contributed by atoms with Gasteiger partial charge in [-0.25, -0.2) is 4.99 Å². The predicted molar refractivity (Wildman–Crippen MR) is 111 cm³/mol. The van der Waals surface area contributed by atoms with Gasteiger partial charge in [0.25, 0.3) is 0 Å². The molecule has 1 aliphatic rings. The maximum Gasteiger partial charge on any atom is 0.242 e. The monoisotopic (exact) mass is 367 g/mol. The molecule has 6 heteroatoms. The molecule has 1 fully saturated rings. The van der Waals surface area contributed by atoms with Crippen LogP contribution in [0.1, 0.15) is 72.6 Å². The van der Waals surface area contributed by atoms with Crippen LogP contribution in [0.4, 0.5) is 0 Å². The van der Waals surface area contributed by atoms with Crippen LogP contribution in [0.3, 0.4) is 0 Å². The summed E-state index contributed by atoms with van der Waals surface area (Å²) in [5.41, 5.74) is 0. The van der Waals surface area contributed by atoms with Gasteiger partial charge in [0.05, 0.1) is 0 Å². The molecular formula is C20H41N5O. The second-order valence-electron chi connectivity index (χ2n) is 7.31. The minimum atomic E-state index is 0.0308. The van der Waals surface area contributed by atoms with Crippen molar-refractivity contribution < 1.29 is 4.79 Å². The molecule has 0 aromatic heterocycles. The van der Waals surface area contributed by atoms with Crippen LogP contribution in [-0.2, 0) is 4.79 Å². The van der Waals surface area contributed by atoms with E-state index < -0.39 is 0 Å². The zero-order chi connectivity index (χ0) is 19.2. The molecule has 1 atom stereocenters. The molecule has 0 heterocycles. The molecule has 0 radical (unpaired) electrons. The standard InChI is InChI=1S/C20H41N5O/c1-5-21-20(23-17(4)12-11-15-25(6-2)7-3)22-16-19(26)24-18-13-9-8-10-14-18/h17-18H,5-16H2,1-4H3,(H,24,26)(H2,21,22,23). The first-order valence-electron chi connectivity index (χ1n) is 10.7. The van der Waals surface area contributed by atoms with E-state index in [-0.39, 0.29) is 12.5 Å². The van der Waals surface area contributed by atoms with Gasteiger partial charge in [-0.2, -0.15) is 0 Å². The Kier molecular flexibility index (Phi) is 12.1. The fraction of sp³-hybridized carbons (Fsp3) is 0.900. The average Bonchev–Trinajstić information content (AvgIpc) is 2.64. The number of guanidine groups is 1. The summed E-state index contributed by atoms with van der Waals surface area (Å²) in [5.74, 6) is 0.768. The van der Waals surface area contributed by atoms with Gasteiger partial charge in [-0.1, -0.05) is 33.1 Å². The summed E-state index contributed by atoms with van der Waals surface area (Å²) in [7, 11) is 0. The van der Waals surface area contributed by atoms with Crippen molar-refractivity contribution in [2.45, 2.75) is 84.7 Å². The fourth-order valence-corrected chi connectivity index (χ4v) is 3.46. The van der Waals surface area contributed by atoms with Gasteiger partial charge in [0.1, 0.15) is 6.54 Å². The van der Waals surface area contributed by atoms with Crippen LogP contribution in [-0.4, -0.2) is 61.6 Å². The van der Waals surface area contributed by atoms with Gasteiger partial charge in [-0.3, -0.25) is 4.79 Å². The number of carbonyl (C=O) groups is 1. The van der Waals surface area contributed by atoms with Crippen LogP contribution < -0.4 is 16.0 Å². The first-order valence-corrected chi connectivity index (χ1v) is 10.7. The second-order valence-corrected chi connectivity index (χ2v) is 7.31. The number of hydrogen-bond acceptors (Lipinski definition) is 3. The molecule has 0 spiro atoms. The van der Waals surface area contributed by atoms with Crippen molar-refractivity contribution in [2.24, 2.45) is 4.99 Å². The van der Waals surface area contributed by atoms with Crippen molar-refractivity contribution in [3.63, 3.8) is 0 Å². The molecule has 0 aromatic carbocycles. The third-order valence-electron chi connectivity index (χ3n) is 5.08. The molecule has 1 unspecified atom stereocenters. The third kappa shape index (κ3) is 10.00. The Morgan fingerprint density at radius 3 is 2.46 bits per heavy atom. The van der Waals surface area contributed by atoms with E-state index in [9.17, 15) is 4.79 Å². The summed E-state index contributed by atoms with van der Waals surface area (Å²) >= 11 is 0. The highest BCUT2D eigenvalue weighted by Crippen LogP contribution is 2.17. The van der Waals surface area contributed by atoms with Gasteiger partial charge in [0, 0.05) is 18.6 Å². The highest BCUT2D eigenvalue weighted by Gasteiger charge is 2.15. The number of nitrogens with zero attached hydrogens (tertiary/aromatic N) is 2. The Morgan fingerprint density at radius 1 is 1.15 bits per heavy atom. The van der Waals surface area contributed by atoms with Gasteiger partial charge in [0.2, 0.25) is 5.91 Å². The quantitative estimate of drug-likeness (QED) is 0.388. The number of hydrogen-bond donors (Lipinski definition) is 3. The van der Waals surface area contributed by atoms with E-state index >= 15 is 0 Å². The van der Waals surface area contributed by atoms with Crippen molar-refractivity contribution in [3.05, 3.63) is 0 Å². The van der Waals surface area contributed by atoms with Crippen LogP contribution in [0.5, 0.6) is 0 Å². The average molecular weight is 368 g/mol. The van der Waals surface area contributed by atoms with Crippen molar-refractivity contribution in [1.29, 1.82) is 0 Å². The maximum absolute atomic E-state index is 12.1. The van der Waals surface area contributed by atoms with Gasteiger partial charge in [0.15, 0.2) is 5.96 Å². The fourth-order valence-electron chi connectivity index (χ4n) is 3.46. The summed E-state index contributed by atoms with van der Waals surface area (Å²) in [6, 6.07) is 0.686. The SMILES string of the molecule is CCNC(=NCC(=O)NC1CCCCC1)NC(C)CCCN(CC)CC. The van der Waals surface area contributed by atoms with E-state index in [1.165, 1.54) is 19.3 Å². The number of amides is 1. The minimum absolute atomic E-state index is 0.0308. The second kappa shape index (κ2) is 13.8. The molecule has 0 aliphatic heterocycles. The van der Waals surface area contributed by atoms with E-state index in [0.29, 0.717) is 12.1 Å². The summed E-state index contributed by atoms with van der Waals surface area (Å²) in [4.78, 5) is 19.1. The van der Waals surface area contributed by atoms with Crippen LogP contribution in [0, 0.1) is 0 Å². The Labute approximate surface area is 160 Å². The van der Waals surface area contributed by atoms with Gasteiger partial charge < -0.3 is 20.9 Å². The smallest absolute Gasteiger partial charge is 0.242 e. The van der Waals surface area contributed by atoms with E-state index in [4.69, 9.17) is 0 Å². The van der Waals surface area contributed by atoms with Crippen molar-refractivity contribution >= 4 is 11.9 Å². The van der Waals surface area contributed by atoms with Crippen molar-refractivity contribution in [2.75, 3.05) is 32.7 Å². The minimum Gasteiger partial charge on any atom is -0.357 e. The molecule has 1 aliphatic carbocycles. The van der Waals surface area contributed by atoms with Crippen LogP contribution in [0.2, 0.25) is 0 Å². The van der Waals surface area contributed by atoms with Crippen LogP contribution in [0.15, 0.2) is 4.99 Å². The maximum atomic E-state index is 12.1. The lowest BCUT2D eigenvalue weighted by Gasteiger charge is -2.23. The Bertz CT molecular complexity index is 403. The normalized spacial score (nSPS) is 17.2. The Morgan fingerprint density at radius 2 is 1.85 bits per heavy atom. The summed E-state index contributed by atoms with van der Waals surface area (Å²) < 4.78 is 0. The zero-order valence-corrected chi connectivity index (χ0v) is 17.4. The van der Waals surface area contributed by atoms with Crippen molar-refractivity contribution in [1.82, 2.24) is 20.9 Å². The largest absolute Gasteiger partial charge is 0.357 e. The topological polar surface area (TPSA) is 68.8 Å². The molecule has 1 amide bonds. The van der Waals surface area contributed by atoms with Crippen molar-refractivity contribution in [3.8, 4) is 0 Å². The van der Waals surface area contributed by atoms with Gasteiger partial charge in [-0.05, 0) is 59.2 Å². The molecule has 26 heavy (non-hydrogen) atoms. The lowest BCUT2D eigenvalue weighted by Crippen LogP contribution is -2.43. The molecule has 1 rings (SSSR count). The molecule has 0 saturated heterocycles. The number of nitrogens with one attached hydrogen (secondary N) is 3. The first kappa shape index (κ1) is 22.7. The summed E-state index contributed by atoms with van der Waals surface area (Å²) in [6.45, 7) is 13.0. The molecule has 0 aromatic rings. The van der Waals surface area contributed by atoms with E-state index in [1.807, 2.05) is 6.92 Å². The van der Waals surface area contributed by atoms with Gasteiger partial charge >= 0.3 is 0 Å². The Balaban J connectivity index is 2.35. The molecule has 1 saturated carbocycles. The predicted octanol–water partition coefficient (Wildman–Crippen LogP) is 2.50. The Hall–Kier alpha value is -1.30. The van der Waals surface area contributed by atoms with E-state index in [2.05, 4.69) is 46.6 Å². The van der Waals surface area contributed by atoms with Crippen LogP contribution >= 0.6 is 0 Å².